The predicted molar refractivity (Wildman–Crippen MR) is 211 cm³/mol. The number of hydrogen-bond acceptors (Lipinski definition) is 4. The summed E-state index contributed by atoms with van der Waals surface area (Å²) in [5, 5.41) is 0. The fourth-order valence-electron chi connectivity index (χ4n) is 6.63. The molecule has 0 bridgehead atoms. The summed E-state index contributed by atoms with van der Waals surface area (Å²) in [6.45, 7) is -2.38. The molecular weight excluding hydrogens is 635 g/mol. The molecule has 3 aromatic heterocycles. The van der Waals surface area contributed by atoms with E-state index in [1.165, 1.54) is 0 Å². The van der Waals surface area contributed by atoms with Gasteiger partial charge in [-0.1, -0.05) is 146 Å². The smallest absolute Gasteiger partial charge is 0.164 e. The Labute approximate surface area is 306 Å². The fourth-order valence-corrected chi connectivity index (χ4v) is 6.63. The SMILES string of the molecule is [2H]C([2H])([2H])c1cc(-c2cccc(-c3nc4ccccn4c3-c3ccccc3)c2)cc(-c2nc(-c3ccccc3)nc(-c3ccc(-c4ccccc4)cc3)n2)c1. The Morgan fingerprint density at radius 3 is 1.58 bits per heavy atom. The summed E-state index contributed by atoms with van der Waals surface area (Å²) in [5.41, 5.74) is 10.8. The molecule has 0 N–H and O–H groups in total. The second-order valence-electron chi connectivity index (χ2n) is 12.6. The molecule has 0 saturated carbocycles. The second-order valence-corrected chi connectivity index (χ2v) is 12.6. The van der Waals surface area contributed by atoms with Crippen LogP contribution >= 0.6 is 0 Å². The highest BCUT2D eigenvalue weighted by Crippen LogP contribution is 2.36. The number of nitrogens with zero attached hydrogens (tertiary/aromatic N) is 5. The van der Waals surface area contributed by atoms with E-state index in [1.807, 2.05) is 128 Å². The molecule has 0 aliphatic rings. The first-order chi connectivity index (χ1) is 26.9. The number of imidazole rings is 1. The zero-order chi connectivity index (χ0) is 37.4. The largest absolute Gasteiger partial charge is 0.299 e. The van der Waals surface area contributed by atoms with Gasteiger partial charge in [-0.3, -0.25) is 4.40 Å². The molecule has 6 aromatic carbocycles. The van der Waals surface area contributed by atoms with Crippen LogP contribution in [0.2, 0.25) is 0 Å². The van der Waals surface area contributed by atoms with Gasteiger partial charge in [0.2, 0.25) is 0 Å². The number of benzene rings is 6. The second kappa shape index (κ2) is 13.4. The van der Waals surface area contributed by atoms with Gasteiger partial charge in [-0.05, 0) is 65.0 Å². The highest BCUT2D eigenvalue weighted by atomic mass is 15.0. The average Bonchev–Trinajstić information content (AvgIpc) is 3.64. The first kappa shape index (κ1) is 27.8. The summed E-state index contributed by atoms with van der Waals surface area (Å²) >= 11 is 0. The van der Waals surface area contributed by atoms with Crippen molar-refractivity contribution in [2.45, 2.75) is 6.85 Å². The number of aromatic nitrogens is 5. The van der Waals surface area contributed by atoms with Gasteiger partial charge in [-0.15, -0.1) is 0 Å². The van der Waals surface area contributed by atoms with Crippen molar-refractivity contribution in [1.82, 2.24) is 24.3 Å². The number of rotatable bonds is 7. The van der Waals surface area contributed by atoms with Crippen LogP contribution in [0, 0.1) is 6.85 Å². The minimum Gasteiger partial charge on any atom is -0.299 e. The molecular formula is C47H33N5. The Balaban J connectivity index is 1.18. The van der Waals surface area contributed by atoms with Gasteiger partial charge < -0.3 is 0 Å². The number of fused-ring (bicyclic) bond motifs is 1. The van der Waals surface area contributed by atoms with Crippen LogP contribution < -0.4 is 0 Å². The van der Waals surface area contributed by atoms with Crippen molar-refractivity contribution in [2.24, 2.45) is 0 Å². The van der Waals surface area contributed by atoms with E-state index in [2.05, 4.69) is 46.9 Å². The molecule has 0 atom stereocenters. The van der Waals surface area contributed by atoms with Crippen LogP contribution in [0.3, 0.4) is 0 Å². The van der Waals surface area contributed by atoms with Crippen molar-refractivity contribution < 1.29 is 4.11 Å². The molecule has 52 heavy (non-hydrogen) atoms. The molecule has 0 radical (unpaired) electrons. The lowest BCUT2D eigenvalue weighted by molar-refractivity contribution is 1.07. The average molecular weight is 671 g/mol. The van der Waals surface area contributed by atoms with Crippen molar-refractivity contribution in [3.63, 3.8) is 0 Å². The number of pyridine rings is 1. The topological polar surface area (TPSA) is 56.0 Å². The molecule has 0 aliphatic carbocycles. The van der Waals surface area contributed by atoms with Gasteiger partial charge in [0.05, 0.1) is 11.4 Å². The quantitative estimate of drug-likeness (QED) is 0.169. The van der Waals surface area contributed by atoms with Crippen molar-refractivity contribution in [2.75, 3.05) is 0 Å². The third-order valence-electron chi connectivity index (χ3n) is 9.16. The van der Waals surface area contributed by atoms with Crippen LogP contribution in [-0.4, -0.2) is 24.3 Å². The van der Waals surface area contributed by atoms with Crippen molar-refractivity contribution >= 4 is 5.65 Å². The molecule has 0 unspecified atom stereocenters. The van der Waals surface area contributed by atoms with Crippen LogP contribution in [0.4, 0.5) is 0 Å². The van der Waals surface area contributed by atoms with Gasteiger partial charge in [-0.25, -0.2) is 19.9 Å². The van der Waals surface area contributed by atoms with E-state index in [-0.39, 0.29) is 5.56 Å². The van der Waals surface area contributed by atoms with Gasteiger partial charge >= 0.3 is 0 Å². The van der Waals surface area contributed by atoms with Crippen LogP contribution in [0.15, 0.2) is 182 Å². The summed E-state index contributed by atoms with van der Waals surface area (Å²) in [6, 6.07) is 57.7. The van der Waals surface area contributed by atoms with Gasteiger partial charge in [-0.2, -0.15) is 0 Å². The first-order valence-corrected chi connectivity index (χ1v) is 17.1. The van der Waals surface area contributed by atoms with E-state index in [0.29, 0.717) is 23.0 Å². The van der Waals surface area contributed by atoms with E-state index < -0.39 is 6.85 Å². The van der Waals surface area contributed by atoms with Crippen molar-refractivity contribution in [3.05, 3.63) is 188 Å². The Hall–Kier alpha value is -6.98. The van der Waals surface area contributed by atoms with E-state index in [0.717, 1.165) is 61.5 Å². The monoisotopic (exact) mass is 670 g/mol. The van der Waals surface area contributed by atoms with Gasteiger partial charge in [0.15, 0.2) is 17.5 Å². The third-order valence-corrected chi connectivity index (χ3v) is 9.16. The molecule has 9 rings (SSSR count). The van der Waals surface area contributed by atoms with E-state index in [1.54, 1.807) is 12.1 Å². The molecule has 9 aromatic rings. The fraction of sp³-hybridized carbons (Fsp3) is 0.0213. The zero-order valence-corrected chi connectivity index (χ0v) is 28.1. The maximum absolute atomic E-state index is 8.47. The minimum atomic E-state index is -2.38. The summed E-state index contributed by atoms with van der Waals surface area (Å²) in [5.74, 6) is 1.37. The lowest BCUT2D eigenvalue weighted by Gasteiger charge is -2.12. The summed E-state index contributed by atoms with van der Waals surface area (Å²) in [6.07, 6.45) is 2.02. The molecule has 0 fully saturated rings. The highest BCUT2D eigenvalue weighted by Gasteiger charge is 2.18. The van der Waals surface area contributed by atoms with Gasteiger partial charge in [0.25, 0.3) is 0 Å². The van der Waals surface area contributed by atoms with E-state index in [9.17, 15) is 0 Å². The minimum absolute atomic E-state index is 0.193. The molecule has 0 amide bonds. The van der Waals surface area contributed by atoms with Crippen LogP contribution in [0.5, 0.6) is 0 Å². The molecule has 246 valence electrons. The summed E-state index contributed by atoms with van der Waals surface area (Å²) in [4.78, 5) is 19.9. The Bertz CT molecular complexity index is 2780. The normalized spacial score (nSPS) is 12.3. The van der Waals surface area contributed by atoms with Gasteiger partial charge in [0, 0.05) is 38.1 Å². The Kier molecular flexibility index (Phi) is 7.15. The number of aryl methyl sites for hydroxylation is 1. The van der Waals surface area contributed by atoms with Crippen molar-refractivity contribution in [1.29, 1.82) is 0 Å². The molecule has 0 aliphatic heterocycles. The maximum atomic E-state index is 8.47. The van der Waals surface area contributed by atoms with Gasteiger partial charge in [0.1, 0.15) is 5.65 Å². The standard InChI is InChI=1S/C47H33N5/c1-32-28-40(38-20-13-21-39(30-38)43-44(35-16-7-3-8-17-35)52-27-12-11-22-42(52)48-43)31-41(29-32)47-50-45(36-18-9-4-10-19-36)49-46(51-47)37-25-23-34(24-26-37)33-14-5-2-6-15-33/h2-31H,1H3/i1D3. The van der Waals surface area contributed by atoms with Crippen LogP contribution in [0.25, 0.3) is 84.6 Å². The van der Waals surface area contributed by atoms with E-state index >= 15 is 0 Å². The zero-order valence-electron chi connectivity index (χ0n) is 31.1. The molecule has 5 heteroatoms. The molecule has 0 saturated heterocycles. The predicted octanol–water partition coefficient (Wildman–Crippen LogP) is 11.5. The third kappa shape index (κ3) is 6.05. The maximum Gasteiger partial charge on any atom is 0.164 e. The van der Waals surface area contributed by atoms with Crippen LogP contribution in [-0.2, 0) is 0 Å². The molecule has 3 heterocycles. The Morgan fingerprint density at radius 1 is 0.385 bits per heavy atom. The van der Waals surface area contributed by atoms with Crippen LogP contribution in [0.1, 0.15) is 9.68 Å². The summed E-state index contributed by atoms with van der Waals surface area (Å²) < 4.78 is 27.5. The lowest BCUT2D eigenvalue weighted by atomic mass is 9.96. The lowest BCUT2D eigenvalue weighted by Crippen LogP contribution is -2.00. The Morgan fingerprint density at radius 2 is 0.885 bits per heavy atom. The molecule has 0 spiro atoms. The molecule has 5 nitrogen and oxygen atoms in total. The summed E-state index contributed by atoms with van der Waals surface area (Å²) in [7, 11) is 0. The first-order valence-electron chi connectivity index (χ1n) is 18.6. The highest BCUT2D eigenvalue weighted by molar-refractivity contribution is 5.85. The number of hydrogen-bond donors (Lipinski definition) is 0. The van der Waals surface area contributed by atoms with E-state index in [4.69, 9.17) is 24.0 Å². The van der Waals surface area contributed by atoms with Crippen molar-refractivity contribution in [3.8, 4) is 78.9 Å².